The van der Waals surface area contributed by atoms with Gasteiger partial charge in [0.2, 0.25) is 0 Å². The molecule has 2 nitrogen and oxygen atoms in total. The van der Waals surface area contributed by atoms with Gasteiger partial charge in [0.1, 0.15) is 0 Å². The number of amides is 1. The summed E-state index contributed by atoms with van der Waals surface area (Å²) in [6.45, 7) is 6.37. The van der Waals surface area contributed by atoms with Crippen LogP contribution in [0.2, 0.25) is 0 Å². The van der Waals surface area contributed by atoms with Crippen molar-refractivity contribution in [2.45, 2.75) is 32.6 Å². The normalized spacial score (nSPS) is 13.6. The fraction of sp³-hybridized carbons (Fsp3) is 0.139. The van der Waals surface area contributed by atoms with E-state index < -0.39 is 21.8 Å². The van der Waals surface area contributed by atoms with Crippen LogP contribution in [0.5, 0.6) is 0 Å². The zero-order chi connectivity index (χ0) is 29.6. The van der Waals surface area contributed by atoms with Crippen LogP contribution in [0, 0.1) is 0 Å². The molecule has 0 spiro atoms. The second-order valence-electron chi connectivity index (χ2n) is 12.3. The molecule has 211 valence electrons. The van der Waals surface area contributed by atoms with Gasteiger partial charge in [-0.15, -0.1) is 0 Å². The van der Waals surface area contributed by atoms with Crippen molar-refractivity contribution in [3.05, 3.63) is 150 Å². The fourth-order valence-electron chi connectivity index (χ4n) is 6.56. The van der Waals surface area contributed by atoms with Crippen molar-refractivity contribution in [1.82, 2.24) is 3.26 Å². The van der Waals surface area contributed by atoms with Gasteiger partial charge in [-0.25, -0.2) is 0 Å². The molecule has 0 heterocycles. The van der Waals surface area contributed by atoms with Crippen LogP contribution in [-0.4, -0.2) is 11.8 Å². The Bertz CT molecular complexity index is 1740. The summed E-state index contributed by atoms with van der Waals surface area (Å²) in [4.78, 5) is 14.6. The van der Waals surface area contributed by atoms with E-state index in [9.17, 15) is 4.79 Å². The standard InChI is InChI=1S/C13H9.C12H11Si.C11H15NO.2ClH.Zr/c1-3-7-12-10(5-1)9-11-6-2-4-8-13(11)12;1-3-7-11(8-4-1)13-12-9-5-2-6-10-12;1-11(2,3)9-7-5-4-6-8(9)10(12)13;;;/h1-5,7-8H,9H2;1-10,13H;4-7H,1-3H3,(H2,12,13);2*1H;/q;;;;;+3/p-3. The second kappa shape index (κ2) is 11.1. The van der Waals surface area contributed by atoms with Crippen LogP contribution >= 0.6 is 17.0 Å². The Hall–Kier alpha value is -2.75. The molecule has 5 aromatic rings. The molecule has 5 aromatic carbocycles. The van der Waals surface area contributed by atoms with Crippen molar-refractivity contribution in [1.29, 1.82) is 0 Å². The van der Waals surface area contributed by atoms with Gasteiger partial charge in [-0.1, -0.05) is 0 Å². The zero-order valence-corrected chi connectivity index (χ0v) is 29.2. The molecule has 1 amide bonds. The first kappa shape index (κ1) is 29.3. The summed E-state index contributed by atoms with van der Waals surface area (Å²) in [7, 11) is 16.6. The van der Waals surface area contributed by atoms with E-state index >= 15 is 0 Å². The van der Waals surface area contributed by atoms with E-state index in [4.69, 9.17) is 17.0 Å². The number of rotatable bonds is 6. The molecule has 0 saturated heterocycles. The molecule has 6 heteroatoms. The van der Waals surface area contributed by atoms with Crippen molar-refractivity contribution < 1.29 is 20.6 Å². The summed E-state index contributed by atoms with van der Waals surface area (Å²) in [5, 5.41) is 2.24. The molecule has 0 atom stereocenters. The first-order valence-corrected chi connectivity index (χ1v) is 29.2. The van der Waals surface area contributed by atoms with Gasteiger partial charge in [0.05, 0.1) is 0 Å². The molecule has 0 bridgehead atoms. The number of hydrogen-bond donors (Lipinski definition) is 1. The van der Waals surface area contributed by atoms with Crippen LogP contribution in [0.25, 0.3) is 11.1 Å². The first-order chi connectivity index (χ1) is 20.1. The van der Waals surface area contributed by atoms with Crippen LogP contribution in [-0.2, 0) is 27.7 Å². The monoisotopic (exact) mass is 684 g/mol. The first-order valence-electron chi connectivity index (χ1n) is 14.4. The molecular weight excluding hydrogens is 653 g/mol. The number of fused-ring (bicyclic) bond motifs is 3. The molecule has 1 aliphatic rings. The van der Waals surface area contributed by atoms with Gasteiger partial charge in [-0.3, -0.25) is 0 Å². The topological polar surface area (TPSA) is 29.1 Å². The van der Waals surface area contributed by atoms with Crippen LogP contribution in [0.1, 0.15) is 47.8 Å². The maximum absolute atomic E-state index is 14.6. The Kier molecular flexibility index (Phi) is 7.73. The van der Waals surface area contributed by atoms with Crippen LogP contribution in [0.3, 0.4) is 0 Å². The summed E-state index contributed by atoms with van der Waals surface area (Å²) in [5.74, 6) is -2.68. The molecule has 0 aliphatic heterocycles. The quantitative estimate of drug-likeness (QED) is 0.187. The van der Waals surface area contributed by atoms with Gasteiger partial charge in [0, 0.05) is 0 Å². The molecular formula is C36H34Cl2NOSiZr. The predicted molar refractivity (Wildman–Crippen MR) is 178 cm³/mol. The Labute approximate surface area is 257 Å². The fourth-order valence-corrected chi connectivity index (χ4v) is 43.6. The van der Waals surface area contributed by atoms with E-state index in [1.807, 2.05) is 60.7 Å². The average molecular weight is 687 g/mol. The number of hydrogen-bond acceptors (Lipinski definition) is 1. The van der Waals surface area contributed by atoms with Crippen molar-refractivity contribution in [3.63, 3.8) is 0 Å². The van der Waals surface area contributed by atoms with Gasteiger partial charge in [-0.2, -0.15) is 0 Å². The molecule has 1 N–H and O–H groups in total. The van der Waals surface area contributed by atoms with E-state index in [0.29, 0.717) is 5.56 Å². The van der Waals surface area contributed by atoms with Crippen molar-refractivity contribution >= 4 is 42.5 Å². The average Bonchev–Trinajstić information content (AvgIpc) is 3.36. The molecule has 42 heavy (non-hydrogen) atoms. The number of halogens is 2. The third-order valence-electron chi connectivity index (χ3n) is 8.44. The Morgan fingerprint density at radius 3 is 1.88 bits per heavy atom. The van der Waals surface area contributed by atoms with E-state index in [0.717, 1.165) is 36.8 Å². The minimum atomic E-state index is -5.59. The van der Waals surface area contributed by atoms with E-state index in [-0.39, 0.29) is 11.3 Å². The van der Waals surface area contributed by atoms with Crippen LogP contribution in [0.15, 0.2) is 127 Å². The third-order valence-corrected chi connectivity index (χ3v) is 43.2. The maximum atomic E-state index is 14.6. The number of nitrogens with one attached hydrogen (secondary N) is 1. The number of benzene rings is 5. The predicted octanol–water partition coefficient (Wildman–Crippen LogP) is 7.06. The molecule has 0 aromatic heterocycles. The molecule has 0 radical (unpaired) electrons. The minimum absolute atomic E-state index is 0.200. The van der Waals surface area contributed by atoms with Gasteiger partial charge in [0.25, 0.3) is 0 Å². The van der Waals surface area contributed by atoms with Crippen molar-refractivity contribution in [2.24, 2.45) is 0 Å². The number of carbonyl (C=O) groups is 1. The SMILES string of the molecule is CC(C)(C)c1ccccc1C(=O)[NH][Zr]([Cl])([Cl])([c]1cccc2c1Cc1ccccc1-2)[SiH](c1ccccc1)c1ccccc1. The van der Waals surface area contributed by atoms with Crippen LogP contribution in [0.4, 0.5) is 0 Å². The summed E-state index contributed by atoms with van der Waals surface area (Å²) < 4.78 is 4.48. The molecule has 1 aliphatic carbocycles. The molecule has 0 saturated carbocycles. The summed E-state index contributed by atoms with van der Waals surface area (Å²) in [6, 6.07) is 43.4. The number of carbonyl (C=O) groups excluding carboxylic acids is 1. The van der Waals surface area contributed by atoms with Gasteiger partial charge < -0.3 is 0 Å². The van der Waals surface area contributed by atoms with Gasteiger partial charge >= 0.3 is 260 Å². The van der Waals surface area contributed by atoms with Crippen molar-refractivity contribution in [2.75, 3.05) is 0 Å². The Morgan fingerprint density at radius 1 is 0.690 bits per heavy atom. The summed E-state index contributed by atoms with van der Waals surface area (Å²) >= 11 is -5.59. The second-order valence-corrected chi connectivity index (χ2v) is 47.6. The molecule has 6 rings (SSSR count). The van der Waals surface area contributed by atoms with E-state index in [2.05, 4.69) is 90.8 Å². The summed E-state index contributed by atoms with van der Waals surface area (Å²) in [6.07, 6.45) is 0.740. The van der Waals surface area contributed by atoms with Crippen LogP contribution < -0.4 is 16.9 Å². The third kappa shape index (κ3) is 5.18. The zero-order valence-electron chi connectivity index (χ0n) is 24.1. The van der Waals surface area contributed by atoms with Gasteiger partial charge in [-0.05, 0) is 0 Å². The molecule has 0 fully saturated rings. The van der Waals surface area contributed by atoms with E-state index in [1.54, 1.807) is 0 Å². The Balaban J connectivity index is 1.63. The molecule has 0 unspecified atom stereocenters. The summed E-state index contributed by atoms with van der Waals surface area (Å²) in [5.41, 5.74) is 6.12. The Morgan fingerprint density at radius 2 is 1.24 bits per heavy atom. The van der Waals surface area contributed by atoms with E-state index in [1.165, 1.54) is 11.1 Å². The van der Waals surface area contributed by atoms with Gasteiger partial charge in [0.15, 0.2) is 0 Å². The van der Waals surface area contributed by atoms with Crippen molar-refractivity contribution in [3.8, 4) is 11.1 Å².